The van der Waals surface area contributed by atoms with E-state index in [4.69, 9.17) is 0 Å². The first-order valence-corrected chi connectivity index (χ1v) is 5.31. The Hall–Kier alpha value is -0.480. The zero-order valence-corrected chi connectivity index (χ0v) is 8.85. The summed E-state index contributed by atoms with van der Waals surface area (Å²) in [5, 5.41) is 4.18. The van der Waals surface area contributed by atoms with E-state index in [-0.39, 0.29) is 5.82 Å². The number of pyridine rings is 1. The Labute approximate surface area is 85.7 Å². The largest absolute Gasteiger partial charge is 0.313 e. The monoisotopic (exact) mass is 246 g/mol. The molecular formula is C9H12BrFN2. The van der Waals surface area contributed by atoms with Crippen molar-refractivity contribution < 1.29 is 4.39 Å². The van der Waals surface area contributed by atoms with Gasteiger partial charge in [-0.05, 0) is 24.6 Å². The molecule has 1 aromatic heterocycles. The summed E-state index contributed by atoms with van der Waals surface area (Å²) >= 11 is 3.34. The highest BCUT2D eigenvalue weighted by Gasteiger charge is 1.94. The maximum atomic E-state index is 12.6. The van der Waals surface area contributed by atoms with Gasteiger partial charge < -0.3 is 5.32 Å². The molecule has 0 radical (unpaired) electrons. The third kappa shape index (κ3) is 4.33. The number of nitrogens with one attached hydrogen (secondary N) is 1. The molecule has 2 nitrogen and oxygen atoms in total. The predicted molar refractivity (Wildman–Crippen MR) is 54.3 cm³/mol. The molecule has 0 unspecified atom stereocenters. The van der Waals surface area contributed by atoms with E-state index in [9.17, 15) is 4.39 Å². The molecule has 1 heterocycles. The Morgan fingerprint density at radius 2 is 2.31 bits per heavy atom. The molecule has 72 valence electrons. The molecule has 0 saturated heterocycles. The fourth-order valence-corrected chi connectivity index (χ4v) is 1.26. The number of nitrogens with zero attached hydrogens (tertiary/aromatic N) is 1. The van der Waals surface area contributed by atoms with Crippen molar-refractivity contribution in [2.24, 2.45) is 0 Å². The summed E-state index contributed by atoms with van der Waals surface area (Å²) in [4.78, 5) is 3.76. The second-order valence-electron chi connectivity index (χ2n) is 2.73. The molecule has 13 heavy (non-hydrogen) atoms. The standard InChI is InChI=1S/C9H12BrFN2/c10-2-1-3-12-5-8-4-9(11)7-13-6-8/h4,6-7,12H,1-3,5H2. The van der Waals surface area contributed by atoms with E-state index >= 15 is 0 Å². The second-order valence-corrected chi connectivity index (χ2v) is 3.52. The SMILES string of the molecule is Fc1cncc(CNCCCBr)c1. The minimum Gasteiger partial charge on any atom is -0.313 e. The van der Waals surface area contributed by atoms with Gasteiger partial charge in [0, 0.05) is 18.1 Å². The van der Waals surface area contributed by atoms with Crippen LogP contribution in [-0.4, -0.2) is 16.9 Å². The highest BCUT2D eigenvalue weighted by Crippen LogP contribution is 1.99. The summed E-state index contributed by atoms with van der Waals surface area (Å²) in [6.07, 6.45) is 3.95. The summed E-state index contributed by atoms with van der Waals surface area (Å²) in [6, 6.07) is 1.49. The van der Waals surface area contributed by atoms with Gasteiger partial charge in [-0.25, -0.2) is 4.39 Å². The number of hydrogen-bond acceptors (Lipinski definition) is 2. The van der Waals surface area contributed by atoms with E-state index in [1.54, 1.807) is 6.20 Å². The number of aromatic nitrogens is 1. The lowest BCUT2D eigenvalue weighted by Gasteiger charge is -2.02. The van der Waals surface area contributed by atoms with Crippen LogP contribution in [0.3, 0.4) is 0 Å². The lowest BCUT2D eigenvalue weighted by Crippen LogP contribution is -2.15. The average Bonchev–Trinajstić information content (AvgIpc) is 2.13. The van der Waals surface area contributed by atoms with E-state index < -0.39 is 0 Å². The van der Waals surface area contributed by atoms with Crippen LogP contribution in [0.2, 0.25) is 0 Å². The van der Waals surface area contributed by atoms with Crippen molar-refractivity contribution in [1.29, 1.82) is 0 Å². The molecule has 0 aliphatic heterocycles. The topological polar surface area (TPSA) is 24.9 Å². The van der Waals surface area contributed by atoms with Gasteiger partial charge in [0.05, 0.1) is 6.20 Å². The molecule has 1 aromatic rings. The Morgan fingerprint density at radius 1 is 1.46 bits per heavy atom. The zero-order valence-electron chi connectivity index (χ0n) is 7.26. The van der Waals surface area contributed by atoms with Crippen molar-refractivity contribution in [2.45, 2.75) is 13.0 Å². The first-order chi connectivity index (χ1) is 6.33. The van der Waals surface area contributed by atoms with Gasteiger partial charge in [-0.3, -0.25) is 4.98 Å². The van der Waals surface area contributed by atoms with Crippen molar-refractivity contribution >= 4 is 15.9 Å². The van der Waals surface area contributed by atoms with Crippen LogP contribution < -0.4 is 5.32 Å². The van der Waals surface area contributed by atoms with Crippen molar-refractivity contribution in [3.63, 3.8) is 0 Å². The van der Waals surface area contributed by atoms with Crippen LogP contribution in [0, 0.1) is 5.82 Å². The molecule has 0 aliphatic rings. The molecule has 4 heteroatoms. The van der Waals surface area contributed by atoms with E-state index in [1.165, 1.54) is 12.3 Å². The van der Waals surface area contributed by atoms with E-state index in [0.29, 0.717) is 6.54 Å². The quantitative estimate of drug-likeness (QED) is 0.636. The van der Waals surface area contributed by atoms with Crippen molar-refractivity contribution in [3.8, 4) is 0 Å². The summed E-state index contributed by atoms with van der Waals surface area (Å²) < 4.78 is 12.6. The molecular weight excluding hydrogens is 235 g/mol. The summed E-state index contributed by atoms with van der Waals surface area (Å²) in [5.74, 6) is -0.278. The van der Waals surface area contributed by atoms with Crippen LogP contribution in [0.25, 0.3) is 0 Å². The van der Waals surface area contributed by atoms with Crippen LogP contribution in [0.4, 0.5) is 4.39 Å². The summed E-state index contributed by atoms with van der Waals surface area (Å²) in [7, 11) is 0. The third-order valence-electron chi connectivity index (χ3n) is 1.58. The Balaban J connectivity index is 2.28. The minimum absolute atomic E-state index is 0.278. The predicted octanol–water partition coefficient (Wildman–Crippen LogP) is 2.10. The van der Waals surface area contributed by atoms with Crippen molar-refractivity contribution in [2.75, 3.05) is 11.9 Å². The molecule has 1 rings (SSSR count). The summed E-state index contributed by atoms with van der Waals surface area (Å²) in [5.41, 5.74) is 0.884. The number of halogens is 2. The molecule has 0 saturated carbocycles. The van der Waals surface area contributed by atoms with E-state index in [0.717, 1.165) is 23.9 Å². The van der Waals surface area contributed by atoms with Gasteiger partial charge in [-0.15, -0.1) is 0 Å². The normalized spacial score (nSPS) is 10.3. The van der Waals surface area contributed by atoms with Crippen LogP contribution in [0.1, 0.15) is 12.0 Å². The molecule has 1 N–H and O–H groups in total. The Kier molecular flexibility index (Phi) is 4.93. The van der Waals surface area contributed by atoms with Crippen LogP contribution in [0.5, 0.6) is 0 Å². The number of alkyl halides is 1. The second kappa shape index (κ2) is 6.05. The fourth-order valence-electron chi connectivity index (χ4n) is 0.977. The first-order valence-electron chi connectivity index (χ1n) is 4.19. The number of hydrogen-bond donors (Lipinski definition) is 1. The molecule has 0 fully saturated rings. The molecule has 0 aliphatic carbocycles. The average molecular weight is 247 g/mol. The van der Waals surface area contributed by atoms with Gasteiger partial charge >= 0.3 is 0 Å². The molecule has 0 atom stereocenters. The lowest BCUT2D eigenvalue weighted by atomic mass is 10.3. The van der Waals surface area contributed by atoms with Crippen LogP contribution in [0.15, 0.2) is 18.5 Å². The summed E-state index contributed by atoms with van der Waals surface area (Å²) in [6.45, 7) is 1.61. The Bertz CT molecular complexity index is 255. The minimum atomic E-state index is -0.278. The van der Waals surface area contributed by atoms with Gasteiger partial charge in [0.2, 0.25) is 0 Å². The van der Waals surface area contributed by atoms with E-state index in [2.05, 4.69) is 26.2 Å². The maximum Gasteiger partial charge on any atom is 0.141 e. The van der Waals surface area contributed by atoms with Gasteiger partial charge in [-0.1, -0.05) is 15.9 Å². The molecule has 0 amide bonds. The number of rotatable bonds is 5. The Morgan fingerprint density at radius 3 is 3.00 bits per heavy atom. The van der Waals surface area contributed by atoms with E-state index in [1.807, 2.05) is 0 Å². The van der Waals surface area contributed by atoms with Gasteiger partial charge in [-0.2, -0.15) is 0 Å². The highest BCUT2D eigenvalue weighted by molar-refractivity contribution is 9.09. The van der Waals surface area contributed by atoms with Crippen LogP contribution >= 0.6 is 15.9 Å². The smallest absolute Gasteiger partial charge is 0.141 e. The lowest BCUT2D eigenvalue weighted by molar-refractivity contribution is 0.612. The fraction of sp³-hybridized carbons (Fsp3) is 0.444. The maximum absolute atomic E-state index is 12.6. The van der Waals surface area contributed by atoms with Crippen molar-refractivity contribution in [3.05, 3.63) is 29.8 Å². The van der Waals surface area contributed by atoms with Crippen molar-refractivity contribution in [1.82, 2.24) is 10.3 Å². The third-order valence-corrected chi connectivity index (χ3v) is 2.14. The van der Waals surface area contributed by atoms with Gasteiger partial charge in [0.1, 0.15) is 5.82 Å². The zero-order chi connectivity index (χ0) is 9.52. The first kappa shape index (κ1) is 10.6. The highest BCUT2D eigenvalue weighted by atomic mass is 79.9. The molecule has 0 spiro atoms. The van der Waals surface area contributed by atoms with Gasteiger partial charge in [0.25, 0.3) is 0 Å². The molecule has 0 bridgehead atoms. The molecule has 0 aromatic carbocycles. The van der Waals surface area contributed by atoms with Crippen LogP contribution in [-0.2, 0) is 6.54 Å². The van der Waals surface area contributed by atoms with Gasteiger partial charge in [0.15, 0.2) is 0 Å².